The lowest BCUT2D eigenvalue weighted by Gasteiger charge is -2.13. The highest BCUT2D eigenvalue weighted by Crippen LogP contribution is 2.34. The van der Waals surface area contributed by atoms with Gasteiger partial charge in [-0.05, 0) is 24.7 Å². The molecule has 10 heavy (non-hydrogen) atoms. The number of aliphatic hydroxyl groups excluding tert-OH is 2. The molecule has 1 rings (SSSR count). The van der Waals surface area contributed by atoms with E-state index < -0.39 is 0 Å². The summed E-state index contributed by atoms with van der Waals surface area (Å²) < 4.78 is 0. The van der Waals surface area contributed by atoms with Crippen LogP contribution < -0.4 is 0 Å². The van der Waals surface area contributed by atoms with Crippen molar-refractivity contribution in [2.75, 3.05) is 13.2 Å². The zero-order chi connectivity index (χ0) is 7.56. The van der Waals surface area contributed by atoms with Crippen LogP contribution in [0.15, 0.2) is 0 Å². The monoisotopic (exact) mass is 164 g/mol. The largest absolute Gasteiger partial charge is 0.396 e. The summed E-state index contributed by atoms with van der Waals surface area (Å²) in [4.78, 5) is 0. The lowest BCUT2D eigenvalue weighted by atomic mass is 10.1. The summed E-state index contributed by atoms with van der Waals surface area (Å²) in [6.07, 6.45) is 1.91. The maximum absolute atomic E-state index is 8.78. The van der Waals surface area contributed by atoms with Gasteiger partial charge in [0.25, 0.3) is 0 Å². The van der Waals surface area contributed by atoms with Gasteiger partial charge in [0.05, 0.1) is 0 Å². The zero-order valence-corrected chi connectivity index (χ0v) is 6.59. The first-order valence-electron chi connectivity index (χ1n) is 3.65. The summed E-state index contributed by atoms with van der Waals surface area (Å²) in [5, 5.41) is 17.5. The molecule has 1 unspecified atom stereocenters. The highest BCUT2D eigenvalue weighted by molar-refractivity contribution is 6.21. The predicted octanol–water partition coefficient (Wildman–Crippen LogP) is 0.605. The highest BCUT2D eigenvalue weighted by atomic mass is 35.5. The zero-order valence-electron chi connectivity index (χ0n) is 5.83. The van der Waals surface area contributed by atoms with Crippen LogP contribution in [-0.2, 0) is 0 Å². The van der Waals surface area contributed by atoms with E-state index in [9.17, 15) is 0 Å². The quantitative estimate of drug-likeness (QED) is 0.587. The van der Waals surface area contributed by atoms with E-state index >= 15 is 0 Å². The van der Waals surface area contributed by atoms with E-state index in [2.05, 4.69) is 0 Å². The van der Waals surface area contributed by atoms with E-state index in [-0.39, 0.29) is 30.4 Å². The standard InChI is InChI=1S/C7H13ClO2/c8-7-5(3-9)1-2-6(7)4-10/h5-7,9-10H,1-4H2/t5-,6+,7?. The molecule has 0 spiro atoms. The van der Waals surface area contributed by atoms with Crippen molar-refractivity contribution < 1.29 is 10.2 Å². The Morgan fingerprint density at radius 2 is 1.50 bits per heavy atom. The molecule has 1 aliphatic rings. The lowest BCUT2D eigenvalue weighted by molar-refractivity contribution is 0.206. The molecule has 0 radical (unpaired) electrons. The Kier molecular flexibility index (Phi) is 2.96. The lowest BCUT2D eigenvalue weighted by Crippen LogP contribution is -2.20. The molecule has 0 aromatic heterocycles. The first-order valence-corrected chi connectivity index (χ1v) is 4.09. The minimum Gasteiger partial charge on any atom is -0.396 e. The topological polar surface area (TPSA) is 40.5 Å². The van der Waals surface area contributed by atoms with Crippen molar-refractivity contribution in [1.82, 2.24) is 0 Å². The third kappa shape index (κ3) is 1.44. The van der Waals surface area contributed by atoms with Crippen LogP contribution in [0.5, 0.6) is 0 Å². The first-order chi connectivity index (χ1) is 4.79. The molecule has 0 aliphatic heterocycles. The van der Waals surface area contributed by atoms with Crippen molar-refractivity contribution in [1.29, 1.82) is 0 Å². The van der Waals surface area contributed by atoms with Crippen LogP contribution in [0.1, 0.15) is 12.8 Å². The van der Waals surface area contributed by atoms with Gasteiger partial charge < -0.3 is 10.2 Å². The maximum Gasteiger partial charge on any atom is 0.0473 e. The highest BCUT2D eigenvalue weighted by Gasteiger charge is 2.33. The number of rotatable bonds is 2. The second-order valence-corrected chi connectivity index (χ2v) is 3.41. The minimum absolute atomic E-state index is 0.0185. The molecular formula is C7H13ClO2. The molecule has 2 nitrogen and oxygen atoms in total. The molecule has 0 bridgehead atoms. The molecule has 0 heterocycles. The fraction of sp³-hybridized carbons (Fsp3) is 1.00. The molecule has 0 saturated heterocycles. The molecule has 3 heteroatoms. The van der Waals surface area contributed by atoms with Crippen LogP contribution >= 0.6 is 11.6 Å². The second kappa shape index (κ2) is 3.56. The van der Waals surface area contributed by atoms with Gasteiger partial charge in [0.15, 0.2) is 0 Å². The van der Waals surface area contributed by atoms with Gasteiger partial charge in [-0.1, -0.05) is 0 Å². The van der Waals surface area contributed by atoms with Gasteiger partial charge in [0.2, 0.25) is 0 Å². The normalized spacial score (nSPS) is 40.5. The minimum atomic E-state index is -0.0185. The number of alkyl halides is 1. The van der Waals surface area contributed by atoms with Gasteiger partial charge in [0.1, 0.15) is 0 Å². The third-order valence-corrected chi connectivity index (χ3v) is 2.99. The van der Waals surface area contributed by atoms with E-state index in [1.54, 1.807) is 0 Å². The Labute approximate surface area is 65.8 Å². The van der Waals surface area contributed by atoms with Crippen molar-refractivity contribution in [3.63, 3.8) is 0 Å². The summed E-state index contributed by atoms with van der Waals surface area (Å²) in [6, 6.07) is 0. The molecule has 1 aliphatic carbocycles. The average molecular weight is 165 g/mol. The maximum atomic E-state index is 8.78. The summed E-state index contributed by atoms with van der Waals surface area (Å²) >= 11 is 5.92. The Bertz CT molecular complexity index is 95.8. The van der Waals surface area contributed by atoms with Crippen LogP contribution in [0.2, 0.25) is 0 Å². The molecule has 0 amide bonds. The van der Waals surface area contributed by atoms with Crippen molar-refractivity contribution in [2.24, 2.45) is 11.8 Å². The second-order valence-electron chi connectivity index (χ2n) is 2.91. The van der Waals surface area contributed by atoms with Crippen LogP contribution in [0.25, 0.3) is 0 Å². The SMILES string of the molecule is OC[C@@H]1CC[C@H](CO)C1Cl. The molecule has 3 atom stereocenters. The van der Waals surface area contributed by atoms with E-state index in [0.717, 1.165) is 12.8 Å². The van der Waals surface area contributed by atoms with Crippen molar-refractivity contribution in [3.05, 3.63) is 0 Å². The molecule has 0 aromatic rings. The molecular weight excluding hydrogens is 152 g/mol. The fourth-order valence-electron chi connectivity index (χ4n) is 1.52. The van der Waals surface area contributed by atoms with Gasteiger partial charge in [-0.2, -0.15) is 0 Å². The predicted molar refractivity (Wildman–Crippen MR) is 40.0 cm³/mol. The van der Waals surface area contributed by atoms with E-state index in [1.165, 1.54) is 0 Å². The Hall–Kier alpha value is 0.210. The molecule has 1 saturated carbocycles. The van der Waals surface area contributed by atoms with E-state index in [4.69, 9.17) is 21.8 Å². The fourth-order valence-corrected chi connectivity index (χ4v) is 1.93. The number of halogens is 1. The summed E-state index contributed by atoms with van der Waals surface area (Å²) in [5.41, 5.74) is 0. The Morgan fingerprint density at radius 1 is 1.10 bits per heavy atom. The Morgan fingerprint density at radius 3 is 1.70 bits per heavy atom. The van der Waals surface area contributed by atoms with Crippen molar-refractivity contribution in [3.8, 4) is 0 Å². The molecule has 60 valence electrons. The van der Waals surface area contributed by atoms with Gasteiger partial charge in [-0.3, -0.25) is 0 Å². The molecule has 1 fully saturated rings. The smallest absolute Gasteiger partial charge is 0.0473 e. The van der Waals surface area contributed by atoms with Gasteiger partial charge in [0, 0.05) is 18.6 Å². The van der Waals surface area contributed by atoms with Crippen molar-refractivity contribution >= 4 is 11.6 Å². The van der Waals surface area contributed by atoms with E-state index in [1.807, 2.05) is 0 Å². The summed E-state index contributed by atoms with van der Waals surface area (Å²) in [6.45, 7) is 0.315. The first kappa shape index (κ1) is 8.31. The number of hydrogen-bond acceptors (Lipinski definition) is 2. The summed E-state index contributed by atoms with van der Waals surface area (Å²) in [7, 11) is 0. The molecule has 0 aromatic carbocycles. The van der Waals surface area contributed by atoms with Crippen LogP contribution in [0.3, 0.4) is 0 Å². The number of hydrogen-bond donors (Lipinski definition) is 2. The summed E-state index contributed by atoms with van der Waals surface area (Å²) in [5.74, 6) is 0.414. The van der Waals surface area contributed by atoms with Crippen LogP contribution in [0.4, 0.5) is 0 Å². The average Bonchev–Trinajstić information content (AvgIpc) is 2.30. The van der Waals surface area contributed by atoms with Crippen molar-refractivity contribution in [2.45, 2.75) is 18.2 Å². The third-order valence-electron chi connectivity index (χ3n) is 2.28. The van der Waals surface area contributed by atoms with Gasteiger partial charge >= 0.3 is 0 Å². The molecule has 2 N–H and O–H groups in total. The van der Waals surface area contributed by atoms with Gasteiger partial charge in [-0.25, -0.2) is 0 Å². The van der Waals surface area contributed by atoms with Gasteiger partial charge in [-0.15, -0.1) is 11.6 Å². The van der Waals surface area contributed by atoms with E-state index in [0.29, 0.717) is 0 Å². The van der Waals surface area contributed by atoms with Crippen LogP contribution in [0, 0.1) is 11.8 Å². The Balaban J connectivity index is 2.41. The number of aliphatic hydroxyl groups is 2. The van der Waals surface area contributed by atoms with Crippen LogP contribution in [-0.4, -0.2) is 28.8 Å².